The SMILES string of the molecule is CC(C)C(C)C(=O)N1CCCC1C=O.CCC.CNCc1ccc(-c2scnc2C)cc1C.Cc1ccon1. The Labute approximate surface area is 239 Å². The number of aryl methyl sites for hydroxylation is 3. The van der Waals surface area contributed by atoms with Crippen LogP contribution in [0.5, 0.6) is 0 Å². The highest BCUT2D eigenvalue weighted by Gasteiger charge is 2.31. The van der Waals surface area contributed by atoms with Crippen LogP contribution >= 0.6 is 11.3 Å². The topological polar surface area (TPSA) is 88.3 Å². The molecule has 7 nitrogen and oxygen atoms in total. The van der Waals surface area contributed by atoms with Crippen LogP contribution in [0.25, 0.3) is 10.4 Å². The molecule has 8 heteroatoms. The largest absolute Gasteiger partial charge is 0.365 e. The van der Waals surface area contributed by atoms with E-state index in [1.807, 2.05) is 40.3 Å². The number of nitrogens with one attached hydrogen (secondary N) is 1. The molecule has 1 amide bonds. The van der Waals surface area contributed by atoms with Crippen molar-refractivity contribution < 1.29 is 14.1 Å². The molecule has 0 radical (unpaired) electrons. The van der Waals surface area contributed by atoms with Crippen LogP contribution < -0.4 is 5.32 Å². The summed E-state index contributed by atoms with van der Waals surface area (Å²) in [7, 11) is 1.97. The zero-order valence-electron chi connectivity index (χ0n) is 25.3. The number of hydrogen-bond donors (Lipinski definition) is 1. The van der Waals surface area contributed by atoms with E-state index in [9.17, 15) is 9.59 Å². The summed E-state index contributed by atoms with van der Waals surface area (Å²) < 4.78 is 4.46. The van der Waals surface area contributed by atoms with E-state index in [0.717, 1.165) is 43.6 Å². The first kappa shape index (κ1) is 34.2. The van der Waals surface area contributed by atoms with Crippen LogP contribution in [0, 0.1) is 32.6 Å². The van der Waals surface area contributed by atoms with Crippen LogP contribution in [0.2, 0.25) is 0 Å². The highest BCUT2D eigenvalue weighted by molar-refractivity contribution is 7.13. The lowest BCUT2D eigenvalue weighted by molar-refractivity contribution is -0.139. The van der Waals surface area contributed by atoms with Crippen LogP contribution in [0.15, 0.2) is 40.6 Å². The molecule has 4 rings (SSSR count). The van der Waals surface area contributed by atoms with E-state index in [4.69, 9.17) is 0 Å². The molecule has 1 saturated heterocycles. The number of thiazole rings is 1. The molecule has 1 aromatic carbocycles. The zero-order valence-corrected chi connectivity index (χ0v) is 26.1. The minimum absolute atomic E-state index is 0.0237. The van der Waals surface area contributed by atoms with E-state index in [2.05, 4.69) is 65.9 Å². The lowest BCUT2D eigenvalue weighted by Crippen LogP contribution is -2.40. The van der Waals surface area contributed by atoms with Crippen LogP contribution in [0.4, 0.5) is 0 Å². The van der Waals surface area contributed by atoms with Gasteiger partial charge in [0.05, 0.1) is 27.8 Å². The number of aromatic nitrogens is 2. The second-order valence-corrected chi connectivity index (χ2v) is 11.1. The van der Waals surface area contributed by atoms with E-state index in [1.54, 1.807) is 28.6 Å². The number of hydrogen-bond acceptors (Lipinski definition) is 7. The van der Waals surface area contributed by atoms with Crippen molar-refractivity contribution in [3.63, 3.8) is 0 Å². The first-order valence-corrected chi connectivity index (χ1v) is 14.8. The molecule has 1 aliphatic rings. The standard InChI is InChI=1S/C13H16N2S.C11H19NO2.C4H5NO.C3H8/c1-9-6-11(4-5-12(9)7-14-3)13-10(2)15-8-16-13;1-8(2)9(3)11(14)12-6-4-5-10(12)7-13;1-4-2-3-6-5-4;1-3-2/h4-6,8,14H,7H2,1-3H3;7-10H,4-6H2,1-3H3;2-3H,1H3;3H2,1-2H3. The number of nitrogens with zero attached hydrogens (tertiary/aromatic N) is 3. The van der Waals surface area contributed by atoms with Gasteiger partial charge in [-0.05, 0) is 63.3 Å². The fourth-order valence-corrected chi connectivity index (χ4v) is 4.63. The minimum Gasteiger partial charge on any atom is -0.365 e. The summed E-state index contributed by atoms with van der Waals surface area (Å²) in [5.41, 5.74) is 7.91. The fourth-order valence-electron chi connectivity index (χ4n) is 3.83. The Morgan fingerprint density at radius 2 is 1.90 bits per heavy atom. The number of likely N-dealkylation sites (tertiary alicyclic amines) is 1. The molecular formula is C31H48N4O3S. The van der Waals surface area contributed by atoms with Gasteiger partial charge < -0.3 is 19.5 Å². The fraction of sp³-hybridized carbons (Fsp3) is 0.548. The Balaban J connectivity index is 0.000000300. The Morgan fingerprint density at radius 3 is 2.33 bits per heavy atom. The Morgan fingerprint density at radius 1 is 1.21 bits per heavy atom. The summed E-state index contributed by atoms with van der Waals surface area (Å²) in [6.07, 6.45) is 5.49. The number of rotatable bonds is 6. The van der Waals surface area contributed by atoms with Gasteiger partial charge in [0.15, 0.2) is 0 Å². The van der Waals surface area contributed by atoms with Crippen molar-refractivity contribution in [2.24, 2.45) is 11.8 Å². The molecule has 0 aliphatic carbocycles. The van der Waals surface area contributed by atoms with Crippen LogP contribution in [-0.2, 0) is 16.1 Å². The molecule has 0 saturated carbocycles. The average Bonchev–Trinajstić information content (AvgIpc) is 3.68. The first-order chi connectivity index (χ1) is 18.6. The lowest BCUT2D eigenvalue weighted by Gasteiger charge is -2.25. The van der Waals surface area contributed by atoms with E-state index < -0.39 is 0 Å². The predicted octanol–water partition coefficient (Wildman–Crippen LogP) is 7.01. The maximum atomic E-state index is 11.9. The Kier molecular flexibility index (Phi) is 16.2. The number of amides is 1. The first-order valence-electron chi connectivity index (χ1n) is 13.9. The third-order valence-electron chi connectivity index (χ3n) is 6.41. The zero-order chi connectivity index (χ0) is 29.4. The normalized spacial score (nSPS) is 14.8. The minimum atomic E-state index is -0.163. The number of aldehydes is 1. The van der Waals surface area contributed by atoms with Gasteiger partial charge >= 0.3 is 0 Å². The van der Waals surface area contributed by atoms with Gasteiger partial charge in [-0.1, -0.05) is 64.4 Å². The highest BCUT2D eigenvalue weighted by atomic mass is 32.1. The van der Waals surface area contributed by atoms with Crippen molar-refractivity contribution in [1.29, 1.82) is 0 Å². The Bertz CT molecular complexity index is 1100. The maximum Gasteiger partial charge on any atom is 0.226 e. The molecule has 2 aromatic heterocycles. The molecule has 1 aliphatic heterocycles. The lowest BCUT2D eigenvalue weighted by atomic mass is 9.96. The highest BCUT2D eigenvalue weighted by Crippen LogP contribution is 2.28. The van der Waals surface area contributed by atoms with Crippen molar-refractivity contribution >= 4 is 23.5 Å². The van der Waals surface area contributed by atoms with Crippen molar-refractivity contribution in [2.45, 2.75) is 87.2 Å². The van der Waals surface area contributed by atoms with Gasteiger partial charge in [-0.15, -0.1) is 11.3 Å². The van der Waals surface area contributed by atoms with Gasteiger partial charge in [0.2, 0.25) is 5.91 Å². The quantitative estimate of drug-likeness (QED) is 0.329. The molecular weight excluding hydrogens is 508 g/mol. The van der Waals surface area contributed by atoms with Crippen molar-refractivity contribution in [2.75, 3.05) is 13.6 Å². The third kappa shape index (κ3) is 11.4. The van der Waals surface area contributed by atoms with E-state index >= 15 is 0 Å². The molecule has 216 valence electrons. The molecule has 3 aromatic rings. The molecule has 0 bridgehead atoms. The monoisotopic (exact) mass is 556 g/mol. The molecule has 1 fully saturated rings. The maximum absolute atomic E-state index is 11.9. The van der Waals surface area contributed by atoms with Crippen molar-refractivity contribution in [3.8, 4) is 10.4 Å². The second-order valence-electron chi connectivity index (χ2n) is 10.2. The molecule has 1 N–H and O–H groups in total. The summed E-state index contributed by atoms with van der Waals surface area (Å²) in [5, 5.41) is 6.72. The summed E-state index contributed by atoms with van der Waals surface area (Å²) in [6, 6.07) is 8.26. The van der Waals surface area contributed by atoms with E-state index in [-0.39, 0.29) is 17.9 Å². The molecule has 39 heavy (non-hydrogen) atoms. The smallest absolute Gasteiger partial charge is 0.226 e. The van der Waals surface area contributed by atoms with Gasteiger partial charge in [0.1, 0.15) is 12.5 Å². The molecule has 2 unspecified atom stereocenters. The van der Waals surface area contributed by atoms with E-state index in [0.29, 0.717) is 5.92 Å². The van der Waals surface area contributed by atoms with Crippen molar-refractivity contribution in [3.05, 3.63) is 58.6 Å². The molecule has 2 atom stereocenters. The van der Waals surface area contributed by atoms with Gasteiger partial charge in [-0.3, -0.25) is 4.79 Å². The molecule has 0 spiro atoms. The summed E-state index contributed by atoms with van der Waals surface area (Å²) in [6.45, 7) is 18.0. The second kappa shape index (κ2) is 18.4. The number of carbonyl (C=O) groups excluding carboxylic acids is 2. The average molecular weight is 557 g/mol. The summed E-state index contributed by atoms with van der Waals surface area (Å²) in [5.74, 6) is 0.501. The van der Waals surface area contributed by atoms with Gasteiger partial charge in [-0.2, -0.15) is 0 Å². The van der Waals surface area contributed by atoms with Gasteiger partial charge in [0, 0.05) is 25.1 Å². The van der Waals surface area contributed by atoms with Crippen LogP contribution in [0.3, 0.4) is 0 Å². The van der Waals surface area contributed by atoms with Crippen LogP contribution in [-0.4, -0.2) is 46.9 Å². The summed E-state index contributed by atoms with van der Waals surface area (Å²) >= 11 is 1.70. The number of benzene rings is 1. The van der Waals surface area contributed by atoms with Crippen molar-refractivity contribution in [1.82, 2.24) is 20.4 Å². The van der Waals surface area contributed by atoms with Gasteiger partial charge in [0.25, 0.3) is 0 Å². The summed E-state index contributed by atoms with van der Waals surface area (Å²) in [4.78, 5) is 29.9. The van der Waals surface area contributed by atoms with Crippen LogP contribution in [0.1, 0.15) is 76.4 Å². The molecule has 3 heterocycles. The van der Waals surface area contributed by atoms with Gasteiger partial charge in [-0.25, -0.2) is 4.98 Å². The predicted molar refractivity (Wildman–Crippen MR) is 162 cm³/mol. The third-order valence-corrected chi connectivity index (χ3v) is 7.39. The Hall–Kier alpha value is -2.84. The number of carbonyl (C=O) groups is 2. The van der Waals surface area contributed by atoms with E-state index in [1.165, 1.54) is 28.0 Å².